The van der Waals surface area contributed by atoms with Crippen molar-refractivity contribution in [2.45, 2.75) is 13.3 Å². The van der Waals surface area contributed by atoms with Gasteiger partial charge in [-0.25, -0.2) is 8.78 Å². The number of hydrogen-bond donors (Lipinski definition) is 2. The van der Waals surface area contributed by atoms with Gasteiger partial charge in [0.15, 0.2) is 11.6 Å². The van der Waals surface area contributed by atoms with Crippen LogP contribution in [0.2, 0.25) is 0 Å². The first-order chi connectivity index (χ1) is 7.54. The van der Waals surface area contributed by atoms with Crippen molar-refractivity contribution in [2.75, 3.05) is 5.73 Å². The highest BCUT2D eigenvalue weighted by molar-refractivity contribution is 5.97. The van der Waals surface area contributed by atoms with Crippen LogP contribution in [0, 0.1) is 11.6 Å². The average molecular weight is 223 g/mol. The highest BCUT2D eigenvalue weighted by Crippen LogP contribution is 2.32. The number of aromatic hydroxyl groups is 1. The SMILES string of the molecule is CCc1cc(F)c(F)c2cc(O)cc(N)c12. The number of nitrogen functional groups attached to an aromatic ring is 1. The summed E-state index contributed by atoms with van der Waals surface area (Å²) in [7, 11) is 0. The molecule has 0 radical (unpaired) electrons. The van der Waals surface area contributed by atoms with E-state index in [-0.39, 0.29) is 16.8 Å². The van der Waals surface area contributed by atoms with Gasteiger partial charge in [-0.2, -0.15) is 0 Å². The summed E-state index contributed by atoms with van der Waals surface area (Å²) in [6.45, 7) is 1.83. The number of hydrogen-bond acceptors (Lipinski definition) is 2. The zero-order valence-electron chi connectivity index (χ0n) is 8.72. The van der Waals surface area contributed by atoms with Crippen LogP contribution in [0.25, 0.3) is 10.8 Å². The van der Waals surface area contributed by atoms with Gasteiger partial charge < -0.3 is 10.8 Å². The fraction of sp³-hybridized carbons (Fsp3) is 0.167. The fourth-order valence-corrected chi connectivity index (χ4v) is 1.88. The maximum absolute atomic E-state index is 13.5. The molecule has 2 aromatic carbocycles. The Balaban J connectivity index is 2.98. The molecule has 0 fully saturated rings. The van der Waals surface area contributed by atoms with Crippen LogP contribution in [0.5, 0.6) is 5.75 Å². The smallest absolute Gasteiger partial charge is 0.166 e. The Bertz CT molecular complexity index is 567. The molecule has 0 amide bonds. The Morgan fingerprint density at radius 1 is 1.25 bits per heavy atom. The zero-order chi connectivity index (χ0) is 11.9. The molecule has 84 valence electrons. The highest BCUT2D eigenvalue weighted by atomic mass is 19.2. The number of aryl methyl sites for hydroxylation is 1. The maximum atomic E-state index is 13.5. The van der Waals surface area contributed by atoms with E-state index in [0.29, 0.717) is 17.4 Å². The second kappa shape index (κ2) is 3.63. The minimum atomic E-state index is -0.977. The topological polar surface area (TPSA) is 46.2 Å². The molecule has 4 heteroatoms. The van der Waals surface area contributed by atoms with Gasteiger partial charge in [0.05, 0.1) is 0 Å². The predicted octanol–water partition coefficient (Wildman–Crippen LogP) is 2.97. The zero-order valence-corrected chi connectivity index (χ0v) is 8.72. The molecule has 3 N–H and O–H groups in total. The van der Waals surface area contributed by atoms with Crippen LogP contribution in [0.1, 0.15) is 12.5 Å². The van der Waals surface area contributed by atoms with Crippen molar-refractivity contribution in [3.63, 3.8) is 0 Å². The minimum Gasteiger partial charge on any atom is -0.508 e. The average Bonchev–Trinajstić information content (AvgIpc) is 2.23. The Kier molecular flexibility index (Phi) is 2.42. The molecule has 0 spiro atoms. The van der Waals surface area contributed by atoms with Gasteiger partial charge in [0, 0.05) is 22.5 Å². The summed E-state index contributed by atoms with van der Waals surface area (Å²) in [6.07, 6.45) is 0.544. The number of nitrogens with two attached hydrogens (primary N) is 1. The van der Waals surface area contributed by atoms with E-state index in [0.717, 1.165) is 6.07 Å². The first kappa shape index (κ1) is 10.7. The highest BCUT2D eigenvalue weighted by Gasteiger charge is 2.14. The molecule has 16 heavy (non-hydrogen) atoms. The summed E-state index contributed by atoms with van der Waals surface area (Å²) in [4.78, 5) is 0. The minimum absolute atomic E-state index is 0.0225. The Morgan fingerprint density at radius 3 is 2.56 bits per heavy atom. The second-order valence-electron chi connectivity index (χ2n) is 3.64. The van der Waals surface area contributed by atoms with Gasteiger partial charge in [0.1, 0.15) is 5.75 Å². The molecule has 0 saturated carbocycles. The fourth-order valence-electron chi connectivity index (χ4n) is 1.88. The van der Waals surface area contributed by atoms with E-state index in [9.17, 15) is 13.9 Å². The standard InChI is InChI=1S/C12H11F2NO/c1-2-6-3-9(13)12(14)8-4-7(16)5-10(15)11(6)8/h3-5,16H,2,15H2,1H3. The summed E-state index contributed by atoms with van der Waals surface area (Å²) in [6, 6.07) is 3.66. The molecule has 0 aliphatic rings. The van der Waals surface area contributed by atoms with Gasteiger partial charge in [0.25, 0.3) is 0 Å². The molecule has 0 aromatic heterocycles. The Labute approximate surface area is 91.3 Å². The van der Waals surface area contributed by atoms with Crippen LogP contribution in [-0.2, 0) is 6.42 Å². The first-order valence-corrected chi connectivity index (χ1v) is 4.93. The van der Waals surface area contributed by atoms with Crippen molar-refractivity contribution in [1.29, 1.82) is 0 Å². The van der Waals surface area contributed by atoms with Crippen LogP contribution in [0.3, 0.4) is 0 Å². The molecule has 0 aliphatic heterocycles. The summed E-state index contributed by atoms with van der Waals surface area (Å²) >= 11 is 0. The molecule has 2 rings (SSSR count). The molecule has 0 aliphatic carbocycles. The molecule has 2 aromatic rings. The van der Waals surface area contributed by atoms with E-state index in [1.165, 1.54) is 12.1 Å². The monoisotopic (exact) mass is 223 g/mol. The summed E-state index contributed by atoms with van der Waals surface area (Å²) in [5, 5.41) is 9.81. The van der Waals surface area contributed by atoms with Crippen molar-refractivity contribution in [3.8, 4) is 5.75 Å². The van der Waals surface area contributed by atoms with E-state index in [1.54, 1.807) is 0 Å². The largest absolute Gasteiger partial charge is 0.508 e. The maximum Gasteiger partial charge on any atom is 0.166 e. The van der Waals surface area contributed by atoms with Gasteiger partial charge in [-0.15, -0.1) is 0 Å². The lowest BCUT2D eigenvalue weighted by Gasteiger charge is -2.10. The molecule has 0 unspecified atom stereocenters. The molecular weight excluding hydrogens is 212 g/mol. The Morgan fingerprint density at radius 2 is 1.94 bits per heavy atom. The number of rotatable bonds is 1. The third-order valence-electron chi connectivity index (χ3n) is 2.60. The number of benzene rings is 2. The molecule has 0 atom stereocenters. The third-order valence-corrected chi connectivity index (χ3v) is 2.60. The van der Waals surface area contributed by atoms with Crippen LogP contribution >= 0.6 is 0 Å². The lowest BCUT2D eigenvalue weighted by atomic mass is 10.00. The van der Waals surface area contributed by atoms with Gasteiger partial charge in [-0.1, -0.05) is 6.92 Å². The van der Waals surface area contributed by atoms with E-state index in [4.69, 9.17) is 5.73 Å². The molecule has 0 saturated heterocycles. The second-order valence-corrected chi connectivity index (χ2v) is 3.64. The molecule has 0 heterocycles. The van der Waals surface area contributed by atoms with Gasteiger partial charge in [-0.05, 0) is 24.1 Å². The summed E-state index contributed by atoms with van der Waals surface area (Å²) in [5.74, 6) is -2.07. The third kappa shape index (κ3) is 1.46. The number of phenols is 1. The van der Waals surface area contributed by atoms with Crippen molar-refractivity contribution < 1.29 is 13.9 Å². The van der Waals surface area contributed by atoms with Crippen molar-refractivity contribution in [2.24, 2.45) is 0 Å². The number of anilines is 1. The van der Waals surface area contributed by atoms with Gasteiger partial charge in [-0.3, -0.25) is 0 Å². The lowest BCUT2D eigenvalue weighted by Crippen LogP contribution is -1.96. The molecular formula is C12H11F2NO. The quantitative estimate of drug-likeness (QED) is 0.730. The number of phenolic OH excluding ortho intramolecular Hbond substituents is 1. The van der Waals surface area contributed by atoms with Crippen molar-refractivity contribution in [3.05, 3.63) is 35.4 Å². The number of fused-ring (bicyclic) bond motifs is 1. The first-order valence-electron chi connectivity index (χ1n) is 4.93. The Hall–Kier alpha value is -1.84. The van der Waals surface area contributed by atoms with Crippen molar-refractivity contribution in [1.82, 2.24) is 0 Å². The van der Waals surface area contributed by atoms with E-state index >= 15 is 0 Å². The van der Waals surface area contributed by atoms with Crippen molar-refractivity contribution >= 4 is 16.5 Å². The summed E-state index contributed by atoms with van der Waals surface area (Å²) in [5.41, 5.74) is 6.59. The van der Waals surface area contributed by atoms with Crippen LogP contribution in [0.4, 0.5) is 14.5 Å². The van der Waals surface area contributed by atoms with Gasteiger partial charge >= 0.3 is 0 Å². The van der Waals surface area contributed by atoms with Crippen LogP contribution in [0.15, 0.2) is 18.2 Å². The lowest BCUT2D eigenvalue weighted by molar-refractivity contribution is 0.475. The van der Waals surface area contributed by atoms with E-state index in [1.807, 2.05) is 6.92 Å². The number of halogens is 2. The van der Waals surface area contributed by atoms with Crippen LogP contribution in [-0.4, -0.2) is 5.11 Å². The predicted molar refractivity (Wildman–Crippen MR) is 59.3 cm³/mol. The van der Waals surface area contributed by atoms with Gasteiger partial charge in [0.2, 0.25) is 0 Å². The van der Waals surface area contributed by atoms with Crippen LogP contribution < -0.4 is 5.73 Å². The van der Waals surface area contributed by atoms with E-state index in [2.05, 4.69) is 0 Å². The summed E-state index contributed by atoms with van der Waals surface area (Å²) < 4.78 is 26.8. The molecule has 2 nitrogen and oxygen atoms in total. The normalized spacial score (nSPS) is 10.9. The molecule has 0 bridgehead atoms. The van der Waals surface area contributed by atoms with E-state index < -0.39 is 11.6 Å².